The molecule has 2 heterocycles. The van der Waals surface area contributed by atoms with Gasteiger partial charge in [0.25, 0.3) is 5.91 Å². The molecule has 0 saturated carbocycles. The average Bonchev–Trinajstić information content (AvgIpc) is 2.82. The first-order valence-corrected chi connectivity index (χ1v) is 8.08. The van der Waals surface area contributed by atoms with Crippen LogP contribution in [-0.2, 0) is 13.0 Å². The number of nitrogens with zero attached hydrogens (tertiary/aromatic N) is 2. The van der Waals surface area contributed by atoms with Crippen molar-refractivity contribution < 1.29 is 13.9 Å². The number of hydrogen-bond acceptors (Lipinski definition) is 4. The smallest absolute Gasteiger partial charge is 0.292 e. The zero-order valence-electron chi connectivity index (χ0n) is 13.8. The number of fused-ring (bicyclic) bond motifs is 1. The molecule has 1 unspecified atom stereocenters. The highest BCUT2D eigenvalue weighted by molar-refractivity contribution is 5.92. The topological polar surface area (TPSA) is 55.6 Å². The first-order chi connectivity index (χ1) is 11.1. The number of amides is 1. The molecular weight excluding hydrogens is 292 g/mol. The third-order valence-electron chi connectivity index (χ3n) is 4.09. The minimum atomic E-state index is -0.120. The second-order valence-corrected chi connectivity index (χ2v) is 5.97. The van der Waals surface area contributed by atoms with Gasteiger partial charge in [0.2, 0.25) is 5.76 Å². The molecule has 0 radical (unpaired) electrons. The van der Waals surface area contributed by atoms with E-state index in [1.54, 1.807) is 4.90 Å². The van der Waals surface area contributed by atoms with Crippen molar-refractivity contribution >= 4 is 5.91 Å². The van der Waals surface area contributed by atoms with Crippen molar-refractivity contribution in [2.75, 3.05) is 6.61 Å². The van der Waals surface area contributed by atoms with Gasteiger partial charge in [-0.1, -0.05) is 25.1 Å². The lowest BCUT2D eigenvalue weighted by Crippen LogP contribution is -2.40. The van der Waals surface area contributed by atoms with E-state index >= 15 is 0 Å². The van der Waals surface area contributed by atoms with Gasteiger partial charge in [-0.2, -0.15) is 0 Å². The zero-order chi connectivity index (χ0) is 16.4. The van der Waals surface area contributed by atoms with Gasteiger partial charge in [0, 0.05) is 12.0 Å². The minimum absolute atomic E-state index is 0.0333. The van der Waals surface area contributed by atoms with Gasteiger partial charge in [-0.15, -0.1) is 0 Å². The van der Waals surface area contributed by atoms with Crippen molar-refractivity contribution in [3.8, 4) is 5.75 Å². The highest BCUT2D eigenvalue weighted by Crippen LogP contribution is 2.26. The summed E-state index contributed by atoms with van der Waals surface area (Å²) in [5.41, 5.74) is 1.67. The van der Waals surface area contributed by atoms with Crippen molar-refractivity contribution in [1.82, 2.24) is 9.88 Å². The number of carbonyl (C=O) groups excluding carboxylic acids is 1. The fourth-order valence-corrected chi connectivity index (χ4v) is 2.79. The van der Waals surface area contributed by atoms with E-state index in [1.807, 2.05) is 38.1 Å². The number of carbonyl (C=O) groups is 1. The number of aryl methyl sites for hydroxylation is 2. The minimum Gasteiger partial charge on any atom is -0.491 e. The normalized spacial score (nSPS) is 17.3. The largest absolute Gasteiger partial charge is 0.491 e. The van der Waals surface area contributed by atoms with Gasteiger partial charge >= 0.3 is 0 Å². The Bertz CT molecular complexity index is 708. The predicted molar refractivity (Wildman–Crippen MR) is 86.5 cm³/mol. The van der Waals surface area contributed by atoms with Crippen LogP contribution >= 0.6 is 0 Å². The molecule has 1 aliphatic rings. The van der Waals surface area contributed by atoms with Crippen molar-refractivity contribution in [2.24, 2.45) is 0 Å². The standard InChI is InChI=1S/C18H22N2O3/c1-4-7-16-19-13(3)17(23-16)18(21)20-10-14-8-5-6-9-15(14)22-11-12(20)2/h5-6,8-9,12H,4,7,10-11H2,1-3H3. The molecule has 1 aromatic carbocycles. The Morgan fingerprint density at radius 2 is 2.17 bits per heavy atom. The highest BCUT2D eigenvalue weighted by atomic mass is 16.5. The molecule has 0 N–H and O–H groups in total. The molecule has 122 valence electrons. The maximum atomic E-state index is 12.9. The van der Waals surface area contributed by atoms with Gasteiger partial charge in [-0.25, -0.2) is 4.98 Å². The molecule has 0 bridgehead atoms. The van der Waals surface area contributed by atoms with Crippen molar-refractivity contribution in [3.63, 3.8) is 0 Å². The SMILES string of the molecule is CCCc1nc(C)c(C(=O)N2Cc3ccccc3OCC2C)o1. The maximum absolute atomic E-state index is 12.9. The van der Waals surface area contributed by atoms with Gasteiger partial charge in [0.05, 0.1) is 18.3 Å². The van der Waals surface area contributed by atoms with Crippen LogP contribution in [0.15, 0.2) is 28.7 Å². The summed E-state index contributed by atoms with van der Waals surface area (Å²) >= 11 is 0. The second-order valence-electron chi connectivity index (χ2n) is 5.97. The molecule has 0 fully saturated rings. The van der Waals surface area contributed by atoms with E-state index in [0.29, 0.717) is 30.5 Å². The first kappa shape index (κ1) is 15.6. The number of benzene rings is 1. The number of para-hydroxylation sites is 1. The molecule has 1 aliphatic heterocycles. The van der Waals surface area contributed by atoms with Crippen molar-refractivity contribution in [3.05, 3.63) is 47.2 Å². The number of hydrogen-bond donors (Lipinski definition) is 0. The van der Waals surface area contributed by atoms with E-state index in [0.717, 1.165) is 24.2 Å². The maximum Gasteiger partial charge on any atom is 0.292 e. The van der Waals surface area contributed by atoms with Crippen LogP contribution in [-0.4, -0.2) is 28.4 Å². The summed E-state index contributed by atoms with van der Waals surface area (Å²) < 4.78 is 11.5. The van der Waals surface area contributed by atoms with Gasteiger partial charge in [0.15, 0.2) is 5.89 Å². The molecule has 1 aromatic heterocycles. The number of aromatic nitrogens is 1. The van der Waals surface area contributed by atoms with Crippen molar-refractivity contribution in [1.29, 1.82) is 0 Å². The van der Waals surface area contributed by atoms with Crippen LogP contribution in [0, 0.1) is 6.92 Å². The predicted octanol–water partition coefficient (Wildman–Crippen LogP) is 3.36. The lowest BCUT2D eigenvalue weighted by atomic mass is 10.1. The molecule has 5 nitrogen and oxygen atoms in total. The monoisotopic (exact) mass is 314 g/mol. The molecule has 0 saturated heterocycles. The molecule has 0 spiro atoms. The molecule has 5 heteroatoms. The lowest BCUT2D eigenvalue weighted by Gasteiger charge is -2.25. The van der Waals surface area contributed by atoms with Crippen LogP contribution in [0.1, 0.15) is 48.0 Å². The van der Waals surface area contributed by atoms with Crippen LogP contribution in [0.4, 0.5) is 0 Å². The summed E-state index contributed by atoms with van der Waals surface area (Å²) in [6.45, 7) is 6.86. The lowest BCUT2D eigenvalue weighted by molar-refractivity contribution is 0.0610. The molecule has 2 aromatic rings. The summed E-state index contributed by atoms with van der Waals surface area (Å²) in [5, 5.41) is 0. The summed E-state index contributed by atoms with van der Waals surface area (Å²) in [7, 11) is 0. The van der Waals surface area contributed by atoms with E-state index in [4.69, 9.17) is 9.15 Å². The quantitative estimate of drug-likeness (QED) is 0.871. The third kappa shape index (κ3) is 3.09. The summed E-state index contributed by atoms with van der Waals surface area (Å²) in [4.78, 5) is 19.1. The van der Waals surface area contributed by atoms with Crippen LogP contribution in [0.25, 0.3) is 0 Å². The Balaban J connectivity index is 1.89. The van der Waals surface area contributed by atoms with Gasteiger partial charge in [-0.3, -0.25) is 4.79 Å². The van der Waals surface area contributed by atoms with E-state index in [9.17, 15) is 4.79 Å². The fraction of sp³-hybridized carbons (Fsp3) is 0.444. The van der Waals surface area contributed by atoms with E-state index in [-0.39, 0.29) is 11.9 Å². The third-order valence-corrected chi connectivity index (χ3v) is 4.09. The highest BCUT2D eigenvalue weighted by Gasteiger charge is 2.30. The first-order valence-electron chi connectivity index (χ1n) is 8.08. The van der Waals surface area contributed by atoms with Crippen LogP contribution < -0.4 is 4.74 Å². The zero-order valence-corrected chi connectivity index (χ0v) is 13.8. The summed E-state index contributed by atoms with van der Waals surface area (Å²) in [6.07, 6.45) is 1.69. The molecular formula is C18H22N2O3. The van der Waals surface area contributed by atoms with Gasteiger partial charge in [-0.05, 0) is 26.3 Å². The van der Waals surface area contributed by atoms with Crippen LogP contribution in [0.5, 0.6) is 5.75 Å². The fourth-order valence-electron chi connectivity index (χ4n) is 2.79. The van der Waals surface area contributed by atoms with Gasteiger partial charge < -0.3 is 14.1 Å². The Hall–Kier alpha value is -2.30. The Morgan fingerprint density at radius 3 is 2.96 bits per heavy atom. The molecule has 3 rings (SSSR count). The Kier molecular flexibility index (Phi) is 4.37. The van der Waals surface area contributed by atoms with Crippen LogP contribution in [0.2, 0.25) is 0 Å². The van der Waals surface area contributed by atoms with E-state index in [2.05, 4.69) is 11.9 Å². The number of oxazole rings is 1. The second kappa shape index (κ2) is 6.44. The summed E-state index contributed by atoms with van der Waals surface area (Å²) in [5.74, 6) is 1.70. The van der Waals surface area contributed by atoms with Crippen LogP contribution in [0.3, 0.4) is 0 Å². The molecule has 23 heavy (non-hydrogen) atoms. The number of ether oxygens (including phenoxy) is 1. The Morgan fingerprint density at radius 1 is 1.39 bits per heavy atom. The van der Waals surface area contributed by atoms with Crippen molar-refractivity contribution in [2.45, 2.75) is 46.2 Å². The molecule has 0 aliphatic carbocycles. The Labute approximate surface area is 136 Å². The molecule has 1 amide bonds. The van der Waals surface area contributed by atoms with E-state index < -0.39 is 0 Å². The van der Waals surface area contributed by atoms with E-state index in [1.165, 1.54) is 0 Å². The van der Waals surface area contributed by atoms with Gasteiger partial charge in [0.1, 0.15) is 12.4 Å². The number of rotatable bonds is 3. The summed E-state index contributed by atoms with van der Waals surface area (Å²) in [6, 6.07) is 7.80. The average molecular weight is 314 g/mol. The molecule has 1 atom stereocenters.